The minimum atomic E-state index is -1.32. The average molecular weight is 219 g/mol. The van der Waals surface area contributed by atoms with Gasteiger partial charge in [-0.25, -0.2) is 4.79 Å². The normalized spacial score (nSPS) is 12.1. The SMILES string of the molecule is CCCCCCCC(O[N+](=O)[O-])C(=O)O. The van der Waals surface area contributed by atoms with E-state index >= 15 is 0 Å². The first kappa shape index (κ1) is 13.7. The van der Waals surface area contributed by atoms with Crippen molar-refractivity contribution in [2.24, 2.45) is 0 Å². The summed E-state index contributed by atoms with van der Waals surface area (Å²) in [5.41, 5.74) is 0. The maximum absolute atomic E-state index is 10.5. The summed E-state index contributed by atoms with van der Waals surface area (Å²) in [5, 5.41) is 17.5. The molecule has 1 atom stereocenters. The van der Waals surface area contributed by atoms with E-state index in [9.17, 15) is 14.9 Å². The lowest BCUT2D eigenvalue weighted by Crippen LogP contribution is -2.26. The molecule has 0 aromatic rings. The molecule has 1 unspecified atom stereocenters. The molecule has 1 N–H and O–H groups in total. The summed E-state index contributed by atoms with van der Waals surface area (Å²) in [6, 6.07) is 0. The van der Waals surface area contributed by atoms with Gasteiger partial charge in [-0.1, -0.05) is 39.0 Å². The van der Waals surface area contributed by atoms with Gasteiger partial charge in [0, 0.05) is 0 Å². The molecule has 0 fully saturated rings. The standard InChI is InChI=1S/C9H17NO5/c1-2-3-4-5-6-7-8(9(11)12)15-10(13)14/h8H,2-7H2,1H3,(H,11,12). The van der Waals surface area contributed by atoms with Gasteiger partial charge in [-0.15, -0.1) is 10.1 Å². The van der Waals surface area contributed by atoms with E-state index in [0.29, 0.717) is 6.42 Å². The molecule has 6 heteroatoms. The van der Waals surface area contributed by atoms with Crippen LogP contribution < -0.4 is 0 Å². The van der Waals surface area contributed by atoms with Gasteiger partial charge in [0.1, 0.15) is 0 Å². The minimum Gasteiger partial charge on any atom is -0.480 e. The number of rotatable bonds is 9. The van der Waals surface area contributed by atoms with Gasteiger partial charge in [-0.05, 0) is 6.42 Å². The number of nitrogens with zero attached hydrogens (tertiary/aromatic N) is 1. The third kappa shape index (κ3) is 7.72. The molecule has 0 rings (SSSR count). The first-order valence-corrected chi connectivity index (χ1v) is 5.12. The lowest BCUT2D eigenvalue weighted by atomic mass is 10.1. The smallest absolute Gasteiger partial charge is 0.332 e. The van der Waals surface area contributed by atoms with Crippen molar-refractivity contribution in [1.29, 1.82) is 0 Å². The molecule has 0 bridgehead atoms. The van der Waals surface area contributed by atoms with Crippen molar-refractivity contribution in [3.8, 4) is 0 Å². The highest BCUT2D eigenvalue weighted by Crippen LogP contribution is 2.09. The van der Waals surface area contributed by atoms with E-state index in [2.05, 4.69) is 11.8 Å². The van der Waals surface area contributed by atoms with Crippen LogP contribution in [0.15, 0.2) is 0 Å². The molecule has 0 aromatic heterocycles. The topological polar surface area (TPSA) is 89.7 Å². The van der Waals surface area contributed by atoms with E-state index in [4.69, 9.17) is 5.11 Å². The average Bonchev–Trinajstić information content (AvgIpc) is 2.15. The number of aliphatic carboxylic acids is 1. The number of hydrogen-bond acceptors (Lipinski definition) is 4. The van der Waals surface area contributed by atoms with E-state index in [1.165, 1.54) is 0 Å². The van der Waals surface area contributed by atoms with Gasteiger partial charge < -0.3 is 5.11 Å². The molecule has 88 valence electrons. The summed E-state index contributed by atoms with van der Waals surface area (Å²) >= 11 is 0. The molecular weight excluding hydrogens is 202 g/mol. The lowest BCUT2D eigenvalue weighted by Gasteiger charge is -2.09. The lowest BCUT2D eigenvalue weighted by molar-refractivity contribution is -0.765. The van der Waals surface area contributed by atoms with Gasteiger partial charge in [0.25, 0.3) is 5.09 Å². The Labute approximate surface area is 88.3 Å². The van der Waals surface area contributed by atoms with Crippen LogP contribution in [0.1, 0.15) is 45.4 Å². The van der Waals surface area contributed by atoms with Crippen molar-refractivity contribution in [2.45, 2.75) is 51.6 Å². The summed E-state index contributed by atoms with van der Waals surface area (Å²) in [5.74, 6) is -1.28. The summed E-state index contributed by atoms with van der Waals surface area (Å²) in [6.45, 7) is 2.08. The molecule has 0 aromatic carbocycles. The largest absolute Gasteiger partial charge is 0.480 e. The van der Waals surface area contributed by atoms with E-state index in [1.54, 1.807) is 0 Å². The van der Waals surface area contributed by atoms with Crippen molar-refractivity contribution in [3.63, 3.8) is 0 Å². The van der Waals surface area contributed by atoms with Gasteiger partial charge in [0.15, 0.2) is 0 Å². The van der Waals surface area contributed by atoms with Gasteiger partial charge in [-0.2, -0.15) is 0 Å². The summed E-state index contributed by atoms with van der Waals surface area (Å²) in [7, 11) is 0. The van der Waals surface area contributed by atoms with Crippen LogP contribution in [-0.2, 0) is 9.63 Å². The second-order valence-corrected chi connectivity index (χ2v) is 3.36. The Hall–Kier alpha value is -1.33. The fourth-order valence-corrected chi connectivity index (χ4v) is 1.26. The molecule has 15 heavy (non-hydrogen) atoms. The zero-order valence-electron chi connectivity index (χ0n) is 8.85. The maximum atomic E-state index is 10.5. The zero-order chi connectivity index (χ0) is 11.7. The molecule has 0 amide bonds. The van der Waals surface area contributed by atoms with Crippen molar-refractivity contribution < 1.29 is 19.8 Å². The second-order valence-electron chi connectivity index (χ2n) is 3.36. The van der Waals surface area contributed by atoms with Gasteiger partial charge in [0.05, 0.1) is 0 Å². The van der Waals surface area contributed by atoms with Crippen molar-refractivity contribution in [3.05, 3.63) is 10.1 Å². The van der Waals surface area contributed by atoms with Crippen molar-refractivity contribution in [1.82, 2.24) is 0 Å². The molecule has 0 spiro atoms. The van der Waals surface area contributed by atoms with Crippen LogP contribution in [0, 0.1) is 10.1 Å². The Kier molecular flexibility index (Phi) is 7.31. The first-order chi connectivity index (χ1) is 7.07. The fraction of sp³-hybridized carbons (Fsp3) is 0.889. The highest BCUT2D eigenvalue weighted by molar-refractivity contribution is 5.72. The Bertz CT molecular complexity index is 207. The Morgan fingerprint density at radius 1 is 1.40 bits per heavy atom. The van der Waals surface area contributed by atoms with Crippen LogP contribution >= 0.6 is 0 Å². The number of hydrogen-bond donors (Lipinski definition) is 1. The van der Waals surface area contributed by atoms with E-state index in [1.807, 2.05) is 0 Å². The highest BCUT2D eigenvalue weighted by atomic mass is 17.0. The van der Waals surface area contributed by atoms with Crippen LogP contribution in [0.5, 0.6) is 0 Å². The molecular formula is C9H17NO5. The van der Waals surface area contributed by atoms with Gasteiger partial charge >= 0.3 is 5.97 Å². The molecule has 0 saturated carbocycles. The molecule has 0 aliphatic carbocycles. The molecule has 0 heterocycles. The summed E-state index contributed by atoms with van der Waals surface area (Å²) in [6.07, 6.45) is 3.65. The fourth-order valence-electron chi connectivity index (χ4n) is 1.26. The van der Waals surface area contributed by atoms with E-state index < -0.39 is 17.2 Å². The van der Waals surface area contributed by atoms with E-state index in [-0.39, 0.29) is 6.42 Å². The van der Waals surface area contributed by atoms with Crippen molar-refractivity contribution >= 4 is 5.97 Å². The van der Waals surface area contributed by atoms with Crippen LogP contribution in [0.3, 0.4) is 0 Å². The molecule has 0 aliphatic rings. The first-order valence-electron chi connectivity index (χ1n) is 5.12. The molecule has 0 aliphatic heterocycles. The predicted octanol–water partition coefficient (Wildman–Crippen LogP) is 2.01. The number of carboxylic acids is 1. The van der Waals surface area contributed by atoms with E-state index in [0.717, 1.165) is 25.7 Å². The van der Waals surface area contributed by atoms with Crippen LogP contribution in [-0.4, -0.2) is 22.3 Å². The maximum Gasteiger partial charge on any atom is 0.332 e. The summed E-state index contributed by atoms with van der Waals surface area (Å²) in [4.78, 5) is 24.5. The number of carbonyl (C=O) groups is 1. The third-order valence-corrected chi connectivity index (χ3v) is 2.06. The third-order valence-electron chi connectivity index (χ3n) is 2.06. The van der Waals surface area contributed by atoms with Crippen LogP contribution in [0.4, 0.5) is 0 Å². The monoisotopic (exact) mass is 219 g/mol. The molecule has 0 radical (unpaired) electrons. The minimum absolute atomic E-state index is 0.194. The molecule has 0 saturated heterocycles. The Balaban J connectivity index is 3.67. The highest BCUT2D eigenvalue weighted by Gasteiger charge is 2.20. The second kappa shape index (κ2) is 8.02. The predicted molar refractivity (Wildman–Crippen MR) is 52.9 cm³/mol. The number of unbranched alkanes of at least 4 members (excludes halogenated alkanes) is 4. The summed E-state index contributed by atoms with van der Waals surface area (Å²) < 4.78 is 0. The van der Waals surface area contributed by atoms with Crippen molar-refractivity contribution in [2.75, 3.05) is 0 Å². The Morgan fingerprint density at radius 3 is 2.47 bits per heavy atom. The van der Waals surface area contributed by atoms with Gasteiger partial charge in [-0.3, -0.25) is 4.84 Å². The Morgan fingerprint density at radius 2 is 2.00 bits per heavy atom. The van der Waals surface area contributed by atoms with Crippen LogP contribution in [0.2, 0.25) is 0 Å². The van der Waals surface area contributed by atoms with Crippen LogP contribution in [0.25, 0.3) is 0 Å². The number of carboxylic acid groups (broad SMARTS) is 1. The van der Waals surface area contributed by atoms with Gasteiger partial charge in [0.2, 0.25) is 6.10 Å². The zero-order valence-corrected chi connectivity index (χ0v) is 8.85. The quantitative estimate of drug-likeness (QED) is 0.364. The molecule has 6 nitrogen and oxygen atoms in total.